The van der Waals surface area contributed by atoms with Crippen molar-refractivity contribution in [2.24, 2.45) is 47.3 Å². The molecule has 60 valence electrons. The molecule has 0 aromatic heterocycles. The number of Topliss-reactive ketones (excluding diaryl/α,β-unsaturated/α-hetero) is 1. The van der Waals surface area contributed by atoms with Gasteiger partial charge in [0.15, 0.2) is 0 Å². The highest BCUT2D eigenvalue weighted by molar-refractivity contribution is 5.93. The highest BCUT2D eigenvalue weighted by atomic mass is 16.1. The van der Waals surface area contributed by atoms with Crippen LogP contribution in [0, 0.1) is 47.3 Å². The van der Waals surface area contributed by atoms with Crippen LogP contribution in [0.15, 0.2) is 12.2 Å². The Balaban J connectivity index is 1.89. The molecule has 5 aliphatic rings. The zero-order valence-electron chi connectivity index (χ0n) is 6.68. The maximum atomic E-state index is 11.8. The van der Waals surface area contributed by atoms with E-state index in [2.05, 4.69) is 12.2 Å². The second-order valence-electron chi connectivity index (χ2n) is 5.30. The molecule has 5 rings (SSSR count). The fraction of sp³-hybridized carbons (Fsp3) is 0.727. The molecule has 8 atom stereocenters. The van der Waals surface area contributed by atoms with Gasteiger partial charge in [0.25, 0.3) is 0 Å². The van der Waals surface area contributed by atoms with E-state index in [4.69, 9.17) is 0 Å². The van der Waals surface area contributed by atoms with Gasteiger partial charge in [0.2, 0.25) is 0 Å². The quantitative estimate of drug-likeness (QED) is 0.483. The Bertz CT molecular complexity index is 356. The molecule has 0 spiro atoms. The maximum absolute atomic E-state index is 11.8. The molecule has 8 unspecified atom stereocenters. The average molecular weight is 158 g/mol. The van der Waals surface area contributed by atoms with Gasteiger partial charge in [-0.3, -0.25) is 4.79 Å². The molecule has 4 bridgehead atoms. The van der Waals surface area contributed by atoms with Gasteiger partial charge in [-0.05, 0) is 35.5 Å². The van der Waals surface area contributed by atoms with Crippen LogP contribution in [0.3, 0.4) is 0 Å². The van der Waals surface area contributed by atoms with Crippen LogP contribution in [-0.2, 0) is 4.79 Å². The normalized spacial score (nSPS) is 77.8. The van der Waals surface area contributed by atoms with Crippen LogP contribution in [0.2, 0.25) is 0 Å². The molecule has 4 fully saturated rings. The predicted octanol–water partition coefficient (Wildman–Crippen LogP) is 1.11. The summed E-state index contributed by atoms with van der Waals surface area (Å²) in [4.78, 5) is 11.8. The van der Waals surface area contributed by atoms with Gasteiger partial charge < -0.3 is 0 Å². The van der Waals surface area contributed by atoms with Gasteiger partial charge in [0.1, 0.15) is 5.78 Å². The van der Waals surface area contributed by atoms with Gasteiger partial charge in [0, 0.05) is 11.8 Å². The van der Waals surface area contributed by atoms with Crippen molar-refractivity contribution >= 4 is 5.78 Å². The first-order valence-corrected chi connectivity index (χ1v) is 5.11. The fourth-order valence-electron chi connectivity index (χ4n) is 4.97. The Kier molecular flexibility index (Phi) is 0.496. The summed E-state index contributed by atoms with van der Waals surface area (Å²) in [6, 6.07) is 0. The summed E-state index contributed by atoms with van der Waals surface area (Å²) < 4.78 is 0. The molecule has 4 saturated carbocycles. The van der Waals surface area contributed by atoms with Crippen LogP contribution in [-0.4, -0.2) is 5.78 Å². The van der Waals surface area contributed by atoms with Gasteiger partial charge in [-0.2, -0.15) is 0 Å². The van der Waals surface area contributed by atoms with Gasteiger partial charge in [0.05, 0.1) is 0 Å². The molecule has 1 heteroatoms. The Morgan fingerprint density at radius 2 is 1.58 bits per heavy atom. The van der Waals surface area contributed by atoms with Gasteiger partial charge in [-0.15, -0.1) is 0 Å². The molecule has 12 heavy (non-hydrogen) atoms. The van der Waals surface area contributed by atoms with Crippen molar-refractivity contribution in [2.45, 2.75) is 0 Å². The third-order valence-electron chi connectivity index (χ3n) is 5.26. The first-order chi connectivity index (χ1) is 5.89. The fourth-order valence-corrected chi connectivity index (χ4v) is 4.97. The summed E-state index contributed by atoms with van der Waals surface area (Å²) in [5.74, 6) is 6.74. The van der Waals surface area contributed by atoms with Crippen molar-refractivity contribution in [3.8, 4) is 0 Å². The van der Waals surface area contributed by atoms with E-state index < -0.39 is 0 Å². The first-order valence-electron chi connectivity index (χ1n) is 5.11. The molecule has 0 aromatic rings. The summed E-state index contributed by atoms with van der Waals surface area (Å²) in [5.41, 5.74) is 0. The van der Waals surface area contributed by atoms with E-state index in [1.54, 1.807) is 0 Å². The van der Waals surface area contributed by atoms with E-state index >= 15 is 0 Å². The molecule has 0 N–H and O–H groups in total. The number of carbonyl (C=O) groups excluding carboxylic acids is 1. The molecule has 0 radical (unpaired) electrons. The number of fused-ring (bicyclic) bond motifs is 3. The summed E-state index contributed by atoms with van der Waals surface area (Å²) in [7, 11) is 0. The smallest absolute Gasteiger partial charge is 0.140 e. The van der Waals surface area contributed by atoms with Crippen LogP contribution >= 0.6 is 0 Å². The molecule has 5 aliphatic carbocycles. The molecule has 0 amide bonds. The highest BCUT2D eigenvalue weighted by Gasteiger charge is 2.83. The Morgan fingerprint density at radius 3 is 2.50 bits per heavy atom. The lowest BCUT2D eigenvalue weighted by molar-refractivity contribution is -0.125. The number of carbonyl (C=O) groups is 1. The average Bonchev–Trinajstić information content (AvgIpc) is 2.92. The van der Waals surface area contributed by atoms with Crippen molar-refractivity contribution in [2.75, 3.05) is 0 Å². The summed E-state index contributed by atoms with van der Waals surface area (Å²) in [6.45, 7) is 0. The summed E-state index contributed by atoms with van der Waals surface area (Å²) >= 11 is 0. The van der Waals surface area contributed by atoms with Crippen molar-refractivity contribution < 1.29 is 4.79 Å². The Labute approximate surface area is 70.8 Å². The van der Waals surface area contributed by atoms with Gasteiger partial charge in [-0.1, -0.05) is 12.2 Å². The SMILES string of the molecule is O=C1C2C3C=CC4C2C4C2C1C32. The number of hydrogen-bond donors (Lipinski definition) is 0. The molecular weight excluding hydrogens is 148 g/mol. The van der Waals surface area contributed by atoms with Crippen LogP contribution in [0.5, 0.6) is 0 Å². The number of rotatable bonds is 0. The zero-order valence-corrected chi connectivity index (χ0v) is 6.68. The minimum absolute atomic E-state index is 0.505. The Hall–Kier alpha value is -0.590. The lowest BCUT2D eigenvalue weighted by Crippen LogP contribution is -2.29. The summed E-state index contributed by atoms with van der Waals surface area (Å²) in [6.07, 6.45) is 4.79. The molecule has 1 nitrogen and oxygen atoms in total. The largest absolute Gasteiger partial charge is 0.299 e. The highest BCUT2D eigenvalue weighted by Crippen LogP contribution is 2.82. The number of allylic oxidation sites excluding steroid dienone is 2. The molecule has 0 heterocycles. The van der Waals surface area contributed by atoms with Gasteiger partial charge >= 0.3 is 0 Å². The van der Waals surface area contributed by atoms with E-state index in [1.807, 2.05) is 0 Å². The minimum Gasteiger partial charge on any atom is -0.299 e. The lowest BCUT2D eigenvalue weighted by atomic mass is 9.76. The van der Waals surface area contributed by atoms with Crippen LogP contribution in [0.25, 0.3) is 0 Å². The van der Waals surface area contributed by atoms with Crippen LogP contribution in [0.1, 0.15) is 0 Å². The van der Waals surface area contributed by atoms with Crippen LogP contribution < -0.4 is 0 Å². The summed E-state index contributed by atoms with van der Waals surface area (Å²) in [5, 5.41) is 0. The third-order valence-corrected chi connectivity index (χ3v) is 5.26. The zero-order chi connectivity index (χ0) is 7.61. The standard InChI is InChI=1S/C11H10O/c12-11-8-4-2-1-3-5(8)6(3)9-7(4)10(9)11/h1-10H. The minimum atomic E-state index is 0.505. The first kappa shape index (κ1) is 5.21. The maximum Gasteiger partial charge on any atom is 0.140 e. The second-order valence-corrected chi connectivity index (χ2v) is 5.30. The van der Waals surface area contributed by atoms with Gasteiger partial charge in [-0.25, -0.2) is 0 Å². The van der Waals surface area contributed by atoms with Crippen molar-refractivity contribution in [3.63, 3.8) is 0 Å². The Morgan fingerprint density at radius 1 is 0.833 bits per heavy atom. The van der Waals surface area contributed by atoms with Crippen molar-refractivity contribution in [3.05, 3.63) is 12.2 Å². The molecular formula is C11H10O. The van der Waals surface area contributed by atoms with E-state index in [9.17, 15) is 4.79 Å². The van der Waals surface area contributed by atoms with E-state index in [-0.39, 0.29) is 0 Å². The second kappa shape index (κ2) is 1.14. The number of ketones is 1. The van der Waals surface area contributed by atoms with E-state index in [0.717, 1.165) is 29.6 Å². The lowest BCUT2D eigenvalue weighted by Gasteiger charge is -2.26. The number of hydrogen-bond acceptors (Lipinski definition) is 1. The third kappa shape index (κ3) is 0.284. The monoisotopic (exact) mass is 158 g/mol. The van der Waals surface area contributed by atoms with Crippen LogP contribution in [0.4, 0.5) is 0 Å². The topological polar surface area (TPSA) is 17.1 Å². The molecule has 0 saturated heterocycles. The van der Waals surface area contributed by atoms with E-state index in [1.165, 1.54) is 0 Å². The molecule has 0 aliphatic heterocycles. The van der Waals surface area contributed by atoms with Crippen molar-refractivity contribution in [1.29, 1.82) is 0 Å². The predicted molar refractivity (Wildman–Crippen MR) is 42.1 cm³/mol. The molecule has 0 aromatic carbocycles. The van der Waals surface area contributed by atoms with Crippen molar-refractivity contribution in [1.82, 2.24) is 0 Å². The van der Waals surface area contributed by atoms with E-state index in [0.29, 0.717) is 23.5 Å².